The van der Waals surface area contributed by atoms with Gasteiger partial charge in [0.1, 0.15) is 6.54 Å². The molecule has 5 nitrogen and oxygen atoms in total. The van der Waals surface area contributed by atoms with E-state index in [0.29, 0.717) is 10.7 Å². The zero-order valence-electron chi connectivity index (χ0n) is 13.6. The van der Waals surface area contributed by atoms with Crippen molar-refractivity contribution in [2.75, 3.05) is 17.1 Å². The van der Waals surface area contributed by atoms with Crippen molar-refractivity contribution in [2.45, 2.75) is 39.7 Å². The van der Waals surface area contributed by atoms with Crippen LogP contribution >= 0.6 is 11.6 Å². The summed E-state index contributed by atoms with van der Waals surface area (Å²) in [5.74, 6) is -0.353. The van der Waals surface area contributed by atoms with E-state index < -0.39 is 10.0 Å². The molecule has 1 amide bonds. The molecule has 0 saturated carbocycles. The van der Waals surface area contributed by atoms with Crippen molar-refractivity contribution < 1.29 is 13.2 Å². The number of anilines is 1. The van der Waals surface area contributed by atoms with Crippen molar-refractivity contribution in [3.8, 4) is 0 Å². The summed E-state index contributed by atoms with van der Waals surface area (Å²) in [6, 6.07) is 4.92. The van der Waals surface area contributed by atoms with Gasteiger partial charge in [-0.25, -0.2) is 8.42 Å². The van der Waals surface area contributed by atoms with Crippen LogP contribution in [-0.2, 0) is 14.8 Å². The van der Waals surface area contributed by atoms with E-state index in [1.807, 2.05) is 27.7 Å². The molecule has 7 heteroatoms. The first-order chi connectivity index (χ1) is 9.96. The quantitative estimate of drug-likeness (QED) is 0.861. The minimum absolute atomic E-state index is 0.276. The lowest BCUT2D eigenvalue weighted by atomic mass is 10.0. The Morgan fingerprint density at radius 1 is 1.36 bits per heavy atom. The Balaban J connectivity index is 3.05. The van der Waals surface area contributed by atoms with E-state index in [1.54, 1.807) is 18.2 Å². The maximum atomic E-state index is 12.1. The maximum absolute atomic E-state index is 12.1. The summed E-state index contributed by atoms with van der Waals surface area (Å²) >= 11 is 6.05. The largest absolute Gasteiger partial charge is 0.350 e. The third kappa shape index (κ3) is 5.18. The average molecular weight is 347 g/mol. The van der Waals surface area contributed by atoms with E-state index in [-0.39, 0.29) is 18.0 Å². The number of nitrogens with one attached hydrogen (secondary N) is 1. The third-order valence-corrected chi connectivity index (χ3v) is 5.04. The van der Waals surface area contributed by atoms with Crippen molar-refractivity contribution in [2.24, 2.45) is 0 Å². The molecule has 0 radical (unpaired) electrons. The van der Waals surface area contributed by atoms with E-state index in [1.165, 1.54) is 0 Å². The Morgan fingerprint density at radius 2 is 1.95 bits per heavy atom. The maximum Gasteiger partial charge on any atom is 0.241 e. The van der Waals surface area contributed by atoms with Crippen LogP contribution in [-0.4, -0.2) is 32.7 Å². The molecule has 0 aliphatic carbocycles. The molecule has 22 heavy (non-hydrogen) atoms. The molecule has 0 aliphatic rings. The lowest BCUT2D eigenvalue weighted by molar-refractivity contribution is -0.121. The number of nitrogens with zero attached hydrogens (tertiary/aromatic N) is 1. The predicted molar refractivity (Wildman–Crippen MR) is 90.9 cm³/mol. The molecule has 0 aliphatic heterocycles. The number of benzene rings is 1. The average Bonchev–Trinajstić information content (AvgIpc) is 2.37. The fourth-order valence-corrected chi connectivity index (χ4v) is 2.80. The van der Waals surface area contributed by atoms with E-state index >= 15 is 0 Å². The molecule has 0 aromatic heterocycles. The van der Waals surface area contributed by atoms with Crippen LogP contribution in [0.25, 0.3) is 0 Å². The van der Waals surface area contributed by atoms with Crippen LogP contribution in [0.15, 0.2) is 18.2 Å². The second kappa shape index (κ2) is 6.87. The van der Waals surface area contributed by atoms with E-state index in [4.69, 9.17) is 11.6 Å². The Labute approximate surface area is 137 Å². The highest BCUT2D eigenvalue weighted by atomic mass is 35.5. The number of amides is 1. The Kier molecular flexibility index (Phi) is 5.87. The van der Waals surface area contributed by atoms with Gasteiger partial charge in [-0.15, -0.1) is 0 Å². The fraction of sp³-hybridized carbons (Fsp3) is 0.533. The van der Waals surface area contributed by atoms with Crippen LogP contribution in [0.4, 0.5) is 5.69 Å². The number of sulfonamides is 1. The topological polar surface area (TPSA) is 66.5 Å². The minimum atomic E-state index is -3.59. The number of halogens is 1. The zero-order valence-corrected chi connectivity index (χ0v) is 15.2. The molecule has 0 atom stereocenters. The molecule has 0 heterocycles. The number of hydrogen-bond acceptors (Lipinski definition) is 3. The number of hydrogen-bond donors (Lipinski definition) is 1. The van der Waals surface area contributed by atoms with E-state index in [0.717, 1.165) is 22.5 Å². The van der Waals surface area contributed by atoms with Crippen molar-refractivity contribution in [1.29, 1.82) is 0 Å². The summed E-state index contributed by atoms with van der Waals surface area (Å²) in [6.07, 6.45) is 1.81. The van der Waals surface area contributed by atoms with Gasteiger partial charge in [0.05, 0.1) is 11.9 Å². The van der Waals surface area contributed by atoms with Gasteiger partial charge in [0.2, 0.25) is 15.9 Å². The third-order valence-electron chi connectivity index (χ3n) is 3.49. The first-order valence-electron chi connectivity index (χ1n) is 7.01. The summed E-state index contributed by atoms with van der Waals surface area (Å²) in [5.41, 5.74) is 0.837. The van der Waals surface area contributed by atoms with Gasteiger partial charge in [0.15, 0.2) is 0 Å². The molecule has 1 rings (SSSR count). The van der Waals surface area contributed by atoms with Crippen LogP contribution in [0, 0.1) is 6.92 Å². The second-order valence-electron chi connectivity index (χ2n) is 5.99. The van der Waals surface area contributed by atoms with Crippen LogP contribution in [0.1, 0.15) is 32.8 Å². The zero-order chi connectivity index (χ0) is 17.1. The minimum Gasteiger partial charge on any atom is -0.350 e. The highest BCUT2D eigenvalue weighted by molar-refractivity contribution is 7.92. The van der Waals surface area contributed by atoms with Gasteiger partial charge < -0.3 is 5.32 Å². The monoisotopic (exact) mass is 346 g/mol. The standard InChI is InChI=1S/C15H23ClN2O3S/c1-6-15(3,4)17-14(19)10-18(22(5,20)21)12-8-7-11(2)13(16)9-12/h7-9H,6,10H2,1-5H3,(H,17,19). The molecular formula is C15H23ClN2O3S. The molecular weight excluding hydrogens is 324 g/mol. The Morgan fingerprint density at radius 3 is 2.41 bits per heavy atom. The summed E-state index contributed by atoms with van der Waals surface area (Å²) in [5, 5.41) is 3.28. The SMILES string of the molecule is CCC(C)(C)NC(=O)CN(c1ccc(C)c(Cl)c1)S(C)(=O)=O. The Bertz CT molecular complexity index is 657. The van der Waals surface area contributed by atoms with E-state index in [9.17, 15) is 13.2 Å². The number of rotatable bonds is 6. The molecule has 0 fully saturated rings. The molecule has 124 valence electrons. The molecule has 1 N–H and O–H groups in total. The normalized spacial score (nSPS) is 12.1. The number of aryl methyl sites for hydroxylation is 1. The second-order valence-corrected chi connectivity index (χ2v) is 8.30. The fourth-order valence-electron chi connectivity index (χ4n) is 1.77. The predicted octanol–water partition coefficient (Wildman–Crippen LogP) is 2.72. The lowest BCUT2D eigenvalue weighted by Gasteiger charge is -2.27. The van der Waals surface area contributed by atoms with Crippen LogP contribution in [0.5, 0.6) is 0 Å². The van der Waals surface area contributed by atoms with Crippen LogP contribution in [0.2, 0.25) is 5.02 Å². The highest BCUT2D eigenvalue weighted by Gasteiger charge is 2.24. The first-order valence-corrected chi connectivity index (χ1v) is 9.24. The molecule has 1 aromatic rings. The Hall–Kier alpha value is -1.27. The lowest BCUT2D eigenvalue weighted by Crippen LogP contribution is -2.48. The van der Waals surface area contributed by atoms with Crippen molar-refractivity contribution in [3.63, 3.8) is 0 Å². The van der Waals surface area contributed by atoms with Gasteiger partial charge in [-0.05, 0) is 44.9 Å². The van der Waals surface area contributed by atoms with Crippen molar-refractivity contribution >= 4 is 33.2 Å². The molecule has 0 saturated heterocycles. The van der Waals surface area contributed by atoms with Crippen LogP contribution in [0.3, 0.4) is 0 Å². The summed E-state index contributed by atoms with van der Waals surface area (Å²) in [7, 11) is -3.59. The highest BCUT2D eigenvalue weighted by Crippen LogP contribution is 2.24. The summed E-state index contributed by atoms with van der Waals surface area (Å²) in [4.78, 5) is 12.1. The van der Waals surface area contributed by atoms with Crippen molar-refractivity contribution in [1.82, 2.24) is 5.32 Å². The van der Waals surface area contributed by atoms with Gasteiger partial charge in [-0.1, -0.05) is 24.6 Å². The number of carbonyl (C=O) groups excluding carboxylic acids is 1. The van der Waals surface area contributed by atoms with Gasteiger partial charge in [0.25, 0.3) is 0 Å². The van der Waals surface area contributed by atoms with Gasteiger partial charge in [-0.3, -0.25) is 9.10 Å². The summed E-state index contributed by atoms with van der Waals surface area (Å²) < 4.78 is 25.1. The summed E-state index contributed by atoms with van der Waals surface area (Å²) in [6.45, 7) is 7.28. The molecule has 1 aromatic carbocycles. The molecule has 0 bridgehead atoms. The number of carbonyl (C=O) groups is 1. The van der Waals surface area contributed by atoms with Gasteiger partial charge >= 0.3 is 0 Å². The van der Waals surface area contributed by atoms with Gasteiger partial charge in [0, 0.05) is 10.6 Å². The molecule has 0 spiro atoms. The first kappa shape index (κ1) is 18.8. The smallest absolute Gasteiger partial charge is 0.241 e. The van der Waals surface area contributed by atoms with Crippen LogP contribution < -0.4 is 9.62 Å². The van der Waals surface area contributed by atoms with E-state index in [2.05, 4.69) is 5.32 Å². The molecule has 0 unspecified atom stereocenters. The van der Waals surface area contributed by atoms with Gasteiger partial charge in [-0.2, -0.15) is 0 Å². The van der Waals surface area contributed by atoms with Crippen molar-refractivity contribution in [3.05, 3.63) is 28.8 Å².